The smallest absolute Gasteiger partial charge is 0.338 e. The number of piperidine rings is 1. The first-order valence-electron chi connectivity index (χ1n) is 8.29. The van der Waals surface area contributed by atoms with Gasteiger partial charge in [-0.05, 0) is 31.9 Å². The summed E-state index contributed by atoms with van der Waals surface area (Å²) in [5.74, 6) is -1.07. The Morgan fingerprint density at radius 2 is 1.81 bits per heavy atom. The maximum absolute atomic E-state index is 13.1. The molecule has 9 heteroatoms. The van der Waals surface area contributed by atoms with Gasteiger partial charge in [-0.3, -0.25) is 14.5 Å². The first-order chi connectivity index (χ1) is 12.2. The summed E-state index contributed by atoms with van der Waals surface area (Å²) in [6, 6.07) is 4.17. The molecule has 0 radical (unpaired) electrons. The molecular weight excluding hydrogens is 351 g/mol. The molecule has 0 aliphatic carbocycles. The second-order valence-corrected chi connectivity index (χ2v) is 6.40. The number of carbonyl (C=O) groups excluding carboxylic acids is 3. The van der Waals surface area contributed by atoms with Gasteiger partial charge in [0, 0.05) is 19.6 Å². The fraction of sp³-hybridized carbons (Fsp3) is 0.471. The lowest BCUT2D eigenvalue weighted by Crippen LogP contribution is -2.56. The van der Waals surface area contributed by atoms with Gasteiger partial charge in [-0.1, -0.05) is 12.1 Å². The van der Waals surface area contributed by atoms with Crippen molar-refractivity contribution in [2.24, 2.45) is 0 Å². The number of benzene rings is 1. The molecule has 0 unspecified atom stereocenters. The predicted octanol–water partition coefficient (Wildman–Crippen LogP) is 2.25. The lowest BCUT2D eigenvalue weighted by molar-refractivity contribution is -0.138. The Morgan fingerprint density at radius 1 is 1.19 bits per heavy atom. The number of urea groups is 1. The molecule has 4 amide bonds. The van der Waals surface area contributed by atoms with Gasteiger partial charge in [-0.15, -0.1) is 0 Å². The highest BCUT2D eigenvalue weighted by Gasteiger charge is 2.52. The maximum atomic E-state index is 13.1. The quantitative estimate of drug-likeness (QED) is 0.813. The van der Waals surface area contributed by atoms with Crippen LogP contribution in [0.3, 0.4) is 0 Å². The zero-order valence-corrected chi connectivity index (χ0v) is 14.1. The number of carbonyl (C=O) groups is 3. The minimum atomic E-state index is -4.62. The summed E-state index contributed by atoms with van der Waals surface area (Å²) in [7, 11) is 0. The molecule has 0 aromatic heterocycles. The van der Waals surface area contributed by atoms with E-state index in [2.05, 4.69) is 5.32 Å². The molecule has 0 bridgehead atoms. The Balaban J connectivity index is 1.77. The van der Waals surface area contributed by atoms with Gasteiger partial charge in [-0.25, -0.2) is 4.79 Å². The van der Waals surface area contributed by atoms with Crippen molar-refractivity contribution in [3.63, 3.8) is 0 Å². The number of hydrogen-bond donors (Lipinski definition) is 1. The van der Waals surface area contributed by atoms with Gasteiger partial charge in [0.05, 0.1) is 11.1 Å². The molecule has 3 rings (SSSR count). The number of halogens is 3. The van der Waals surface area contributed by atoms with Crippen LogP contribution in [-0.2, 0) is 11.0 Å². The van der Waals surface area contributed by atoms with Crippen LogP contribution in [0, 0.1) is 0 Å². The first kappa shape index (κ1) is 18.2. The lowest BCUT2D eigenvalue weighted by atomic mass is 9.87. The highest BCUT2D eigenvalue weighted by Crippen LogP contribution is 2.34. The summed E-state index contributed by atoms with van der Waals surface area (Å²) >= 11 is 0. The summed E-state index contributed by atoms with van der Waals surface area (Å²) in [6.45, 7) is 2.11. The number of alkyl halides is 3. The highest BCUT2D eigenvalue weighted by molar-refractivity contribution is 6.07. The number of rotatable bonds is 2. The zero-order chi connectivity index (χ0) is 19.1. The molecule has 140 valence electrons. The number of amides is 4. The van der Waals surface area contributed by atoms with Gasteiger partial charge >= 0.3 is 12.2 Å². The summed E-state index contributed by atoms with van der Waals surface area (Å²) in [4.78, 5) is 39.3. The van der Waals surface area contributed by atoms with Crippen molar-refractivity contribution in [3.8, 4) is 0 Å². The third-order valence-corrected chi connectivity index (χ3v) is 4.93. The third-order valence-electron chi connectivity index (χ3n) is 4.93. The van der Waals surface area contributed by atoms with Crippen molar-refractivity contribution in [1.82, 2.24) is 15.1 Å². The van der Waals surface area contributed by atoms with Gasteiger partial charge in [0.1, 0.15) is 5.54 Å². The van der Waals surface area contributed by atoms with Crippen LogP contribution in [0.25, 0.3) is 0 Å². The van der Waals surface area contributed by atoms with Crippen molar-refractivity contribution >= 4 is 17.8 Å². The number of imide groups is 1. The van der Waals surface area contributed by atoms with E-state index in [4.69, 9.17) is 0 Å². The van der Waals surface area contributed by atoms with Gasteiger partial charge in [0.15, 0.2) is 0 Å². The molecular formula is C17H18F3N3O3. The summed E-state index contributed by atoms with van der Waals surface area (Å²) in [6.07, 6.45) is -4.28. The van der Waals surface area contributed by atoms with E-state index in [0.29, 0.717) is 0 Å². The molecule has 1 aromatic rings. The van der Waals surface area contributed by atoms with E-state index in [9.17, 15) is 27.6 Å². The molecule has 0 saturated carbocycles. The van der Waals surface area contributed by atoms with Crippen LogP contribution < -0.4 is 5.32 Å². The Labute approximate surface area is 147 Å². The molecule has 2 fully saturated rings. The Kier molecular flexibility index (Phi) is 4.41. The van der Waals surface area contributed by atoms with E-state index >= 15 is 0 Å². The van der Waals surface area contributed by atoms with E-state index < -0.39 is 34.8 Å². The Morgan fingerprint density at radius 3 is 2.35 bits per heavy atom. The van der Waals surface area contributed by atoms with Gasteiger partial charge < -0.3 is 10.2 Å². The standard InChI is InChI=1S/C17H18F3N3O3/c1-2-23-14(25)16(21-15(23)26)7-9-22(10-8-16)13(24)11-5-3-4-6-12(11)17(18,19)20/h3-6H,2,7-10H2,1H3,(H,21,26). The topological polar surface area (TPSA) is 69.7 Å². The van der Waals surface area contributed by atoms with Crippen molar-refractivity contribution in [3.05, 3.63) is 35.4 Å². The van der Waals surface area contributed by atoms with Gasteiger partial charge in [-0.2, -0.15) is 13.2 Å². The Hall–Kier alpha value is -2.58. The first-order valence-corrected chi connectivity index (χ1v) is 8.29. The van der Waals surface area contributed by atoms with Crippen LogP contribution in [0.5, 0.6) is 0 Å². The lowest BCUT2D eigenvalue weighted by Gasteiger charge is -2.37. The third kappa shape index (κ3) is 2.91. The van der Waals surface area contributed by atoms with Crippen molar-refractivity contribution < 1.29 is 27.6 Å². The van der Waals surface area contributed by atoms with Crippen LogP contribution in [0.4, 0.5) is 18.0 Å². The molecule has 2 aliphatic rings. The van der Waals surface area contributed by atoms with Crippen molar-refractivity contribution in [1.29, 1.82) is 0 Å². The van der Waals surface area contributed by atoms with Gasteiger partial charge in [0.2, 0.25) is 0 Å². The second kappa shape index (κ2) is 6.30. The fourth-order valence-electron chi connectivity index (χ4n) is 3.48. The second-order valence-electron chi connectivity index (χ2n) is 6.40. The van der Waals surface area contributed by atoms with Crippen LogP contribution >= 0.6 is 0 Å². The number of hydrogen-bond acceptors (Lipinski definition) is 3. The molecule has 1 aromatic carbocycles. The number of nitrogens with one attached hydrogen (secondary N) is 1. The summed E-state index contributed by atoms with van der Waals surface area (Å²) in [5, 5.41) is 2.67. The zero-order valence-electron chi connectivity index (χ0n) is 14.1. The molecule has 0 atom stereocenters. The minimum absolute atomic E-state index is 0.0919. The molecule has 2 heterocycles. The van der Waals surface area contributed by atoms with Crippen molar-refractivity contribution in [2.45, 2.75) is 31.5 Å². The average molecular weight is 369 g/mol. The summed E-state index contributed by atoms with van der Waals surface area (Å²) in [5.41, 5.74) is -2.45. The normalized spacial score (nSPS) is 19.8. The molecule has 6 nitrogen and oxygen atoms in total. The predicted molar refractivity (Wildman–Crippen MR) is 85.2 cm³/mol. The van der Waals surface area contributed by atoms with Crippen LogP contribution in [0.2, 0.25) is 0 Å². The van der Waals surface area contributed by atoms with E-state index in [1.54, 1.807) is 6.92 Å². The average Bonchev–Trinajstić information content (AvgIpc) is 2.84. The van der Waals surface area contributed by atoms with Gasteiger partial charge in [0.25, 0.3) is 11.8 Å². The summed E-state index contributed by atoms with van der Waals surface area (Å²) < 4.78 is 39.4. The van der Waals surface area contributed by atoms with E-state index in [1.807, 2.05) is 0 Å². The SMILES string of the molecule is CCN1C(=O)NC2(CCN(C(=O)c3ccccc3C(F)(F)F)CC2)C1=O. The van der Waals surface area contributed by atoms with Crippen LogP contribution in [-0.4, -0.2) is 52.8 Å². The van der Waals surface area contributed by atoms with Crippen LogP contribution in [0.15, 0.2) is 24.3 Å². The van der Waals surface area contributed by atoms with Crippen molar-refractivity contribution in [2.75, 3.05) is 19.6 Å². The number of nitrogens with zero attached hydrogens (tertiary/aromatic N) is 2. The molecule has 1 N–H and O–H groups in total. The number of likely N-dealkylation sites (N-methyl/N-ethyl adjacent to an activating group) is 1. The Bertz CT molecular complexity index is 755. The largest absolute Gasteiger partial charge is 0.417 e. The fourth-order valence-corrected chi connectivity index (χ4v) is 3.48. The number of likely N-dealkylation sites (tertiary alicyclic amines) is 1. The molecule has 2 aliphatic heterocycles. The maximum Gasteiger partial charge on any atom is 0.417 e. The molecule has 26 heavy (non-hydrogen) atoms. The minimum Gasteiger partial charge on any atom is -0.338 e. The van der Waals surface area contributed by atoms with E-state index in [0.717, 1.165) is 17.0 Å². The molecule has 1 spiro atoms. The monoisotopic (exact) mass is 369 g/mol. The highest BCUT2D eigenvalue weighted by atomic mass is 19.4. The van der Waals surface area contributed by atoms with Crippen LogP contribution in [0.1, 0.15) is 35.7 Å². The molecule has 2 saturated heterocycles. The van der Waals surface area contributed by atoms with E-state index in [1.165, 1.54) is 17.0 Å². The van der Waals surface area contributed by atoms with E-state index in [-0.39, 0.29) is 38.4 Å².